The zero-order chi connectivity index (χ0) is 16.9. The van der Waals surface area contributed by atoms with Crippen molar-refractivity contribution in [1.29, 1.82) is 0 Å². The number of amides is 2. The summed E-state index contributed by atoms with van der Waals surface area (Å²) in [7, 11) is 0. The largest absolute Gasteiger partial charge is 0.454 e. The summed E-state index contributed by atoms with van der Waals surface area (Å²) in [5, 5.41) is 5.81. The normalized spacial score (nSPS) is 20.5. The fraction of sp³-hybridized carbons (Fsp3) is 0.556. The van der Waals surface area contributed by atoms with Crippen LogP contribution in [0.2, 0.25) is 0 Å². The van der Waals surface area contributed by atoms with E-state index in [1.165, 1.54) is 0 Å². The molecule has 1 aromatic carbocycles. The van der Waals surface area contributed by atoms with Crippen LogP contribution in [0.4, 0.5) is 0 Å². The van der Waals surface area contributed by atoms with E-state index in [1.807, 2.05) is 18.2 Å². The maximum absolute atomic E-state index is 12.2. The lowest BCUT2D eigenvalue weighted by molar-refractivity contribution is -0.127. The summed E-state index contributed by atoms with van der Waals surface area (Å²) in [5.41, 5.74) is 0.953. The van der Waals surface area contributed by atoms with E-state index >= 15 is 0 Å². The summed E-state index contributed by atoms with van der Waals surface area (Å²) in [4.78, 5) is 24.1. The summed E-state index contributed by atoms with van der Waals surface area (Å²) in [6.45, 7) is 3.50. The molecule has 6 nitrogen and oxygen atoms in total. The standard InChI is InChI=1S/C18H24N2O4/c1-2-3-4-7-19-17(21)13-9-14(13)18(22)20-10-12-5-6-15-16(8-12)24-11-23-15/h5-6,8,13-14H,2-4,7,9-11H2,1H3,(H,19,21)(H,20,22). The molecule has 1 aliphatic heterocycles. The van der Waals surface area contributed by atoms with Crippen molar-refractivity contribution in [2.24, 2.45) is 11.8 Å². The van der Waals surface area contributed by atoms with Gasteiger partial charge in [0, 0.05) is 13.1 Å². The van der Waals surface area contributed by atoms with Gasteiger partial charge in [-0.25, -0.2) is 0 Å². The first-order chi connectivity index (χ1) is 11.7. The SMILES string of the molecule is CCCCCNC(=O)C1CC1C(=O)NCc1ccc2c(c1)OCO2. The lowest BCUT2D eigenvalue weighted by atomic mass is 10.2. The second kappa shape index (κ2) is 7.55. The average Bonchev–Trinajstić information content (AvgIpc) is 3.26. The van der Waals surface area contributed by atoms with E-state index in [0.29, 0.717) is 25.3 Å². The van der Waals surface area contributed by atoms with E-state index < -0.39 is 0 Å². The van der Waals surface area contributed by atoms with E-state index in [-0.39, 0.29) is 30.4 Å². The van der Waals surface area contributed by atoms with Gasteiger partial charge >= 0.3 is 0 Å². The molecular formula is C18H24N2O4. The van der Waals surface area contributed by atoms with Crippen LogP contribution in [-0.4, -0.2) is 25.2 Å². The Morgan fingerprint density at radius 3 is 2.62 bits per heavy atom. The summed E-state index contributed by atoms with van der Waals surface area (Å²) in [5.74, 6) is 1.04. The number of benzene rings is 1. The molecule has 0 spiro atoms. The lowest BCUT2D eigenvalue weighted by Crippen LogP contribution is -2.30. The molecule has 3 rings (SSSR count). The van der Waals surface area contributed by atoms with E-state index in [2.05, 4.69) is 17.6 Å². The molecule has 0 saturated heterocycles. The first-order valence-electron chi connectivity index (χ1n) is 8.63. The monoisotopic (exact) mass is 332 g/mol. The zero-order valence-electron chi connectivity index (χ0n) is 14.0. The maximum atomic E-state index is 12.2. The molecule has 24 heavy (non-hydrogen) atoms. The minimum atomic E-state index is -0.190. The van der Waals surface area contributed by atoms with Crippen LogP contribution in [0, 0.1) is 11.8 Å². The molecular weight excluding hydrogens is 308 g/mol. The third-order valence-corrected chi connectivity index (χ3v) is 4.45. The second-order valence-electron chi connectivity index (χ2n) is 6.35. The van der Waals surface area contributed by atoms with Gasteiger partial charge in [-0.2, -0.15) is 0 Å². The molecule has 2 aliphatic rings. The van der Waals surface area contributed by atoms with Gasteiger partial charge in [-0.1, -0.05) is 25.8 Å². The van der Waals surface area contributed by atoms with Crippen molar-refractivity contribution in [2.45, 2.75) is 39.2 Å². The predicted octanol–water partition coefficient (Wildman–Crippen LogP) is 1.97. The lowest BCUT2D eigenvalue weighted by Gasteiger charge is -2.07. The Hall–Kier alpha value is -2.24. The van der Waals surface area contributed by atoms with Crippen molar-refractivity contribution in [3.8, 4) is 11.5 Å². The Kier molecular flexibility index (Phi) is 5.23. The van der Waals surface area contributed by atoms with Crippen LogP contribution >= 0.6 is 0 Å². The van der Waals surface area contributed by atoms with Gasteiger partial charge in [-0.15, -0.1) is 0 Å². The van der Waals surface area contributed by atoms with Crippen molar-refractivity contribution >= 4 is 11.8 Å². The molecule has 2 atom stereocenters. The minimum absolute atomic E-state index is 0.00864. The molecule has 1 aromatic rings. The summed E-state index contributed by atoms with van der Waals surface area (Å²) in [6, 6.07) is 5.61. The van der Waals surface area contributed by atoms with E-state index in [4.69, 9.17) is 9.47 Å². The quantitative estimate of drug-likeness (QED) is 0.714. The first kappa shape index (κ1) is 16.6. The van der Waals surface area contributed by atoms with Gasteiger partial charge in [0.15, 0.2) is 11.5 Å². The van der Waals surface area contributed by atoms with Crippen LogP contribution in [0.25, 0.3) is 0 Å². The summed E-state index contributed by atoms with van der Waals surface area (Å²) in [6.07, 6.45) is 3.89. The molecule has 0 bridgehead atoms. The Labute approximate surface area is 141 Å². The van der Waals surface area contributed by atoms with E-state index in [0.717, 1.165) is 30.6 Å². The van der Waals surface area contributed by atoms with E-state index in [1.54, 1.807) is 0 Å². The first-order valence-corrected chi connectivity index (χ1v) is 8.63. The number of carbonyl (C=O) groups excluding carboxylic acids is 2. The van der Waals surface area contributed by atoms with Crippen molar-refractivity contribution in [2.75, 3.05) is 13.3 Å². The fourth-order valence-electron chi connectivity index (χ4n) is 2.86. The second-order valence-corrected chi connectivity index (χ2v) is 6.35. The number of rotatable bonds is 8. The van der Waals surface area contributed by atoms with Crippen molar-refractivity contribution in [1.82, 2.24) is 10.6 Å². The Balaban J connectivity index is 1.39. The topological polar surface area (TPSA) is 76.7 Å². The smallest absolute Gasteiger partial charge is 0.231 e. The number of unbranched alkanes of at least 4 members (excludes halogenated alkanes) is 2. The number of hydrogen-bond acceptors (Lipinski definition) is 4. The molecule has 1 aliphatic carbocycles. The average molecular weight is 332 g/mol. The van der Waals surface area contributed by atoms with Gasteiger partial charge in [0.1, 0.15) is 0 Å². The van der Waals surface area contributed by atoms with Gasteiger partial charge in [-0.3, -0.25) is 9.59 Å². The summed E-state index contributed by atoms with van der Waals surface area (Å²) >= 11 is 0. The number of hydrogen-bond donors (Lipinski definition) is 2. The molecule has 1 heterocycles. The van der Waals surface area contributed by atoms with Crippen molar-refractivity contribution in [3.63, 3.8) is 0 Å². The molecule has 1 fully saturated rings. The van der Waals surface area contributed by atoms with Gasteiger partial charge in [0.05, 0.1) is 11.8 Å². The number of carbonyl (C=O) groups is 2. The zero-order valence-corrected chi connectivity index (χ0v) is 14.0. The highest BCUT2D eigenvalue weighted by Crippen LogP contribution is 2.39. The van der Waals surface area contributed by atoms with Crippen molar-refractivity contribution < 1.29 is 19.1 Å². The molecule has 1 saturated carbocycles. The Morgan fingerprint density at radius 1 is 1.08 bits per heavy atom. The van der Waals surface area contributed by atoms with Crippen LogP contribution in [0.1, 0.15) is 38.2 Å². The van der Waals surface area contributed by atoms with Crippen LogP contribution in [-0.2, 0) is 16.1 Å². The van der Waals surface area contributed by atoms with Crippen LogP contribution in [0.5, 0.6) is 11.5 Å². The highest BCUT2D eigenvalue weighted by molar-refractivity contribution is 5.92. The summed E-state index contributed by atoms with van der Waals surface area (Å²) < 4.78 is 10.6. The third kappa shape index (κ3) is 3.99. The van der Waals surface area contributed by atoms with Crippen LogP contribution < -0.4 is 20.1 Å². The van der Waals surface area contributed by atoms with Crippen molar-refractivity contribution in [3.05, 3.63) is 23.8 Å². The number of ether oxygens (including phenoxy) is 2. The van der Waals surface area contributed by atoms with Crippen LogP contribution in [0.3, 0.4) is 0 Å². The molecule has 6 heteroatoms. The van der Waals surface area contributed by atoms with Gasteiger partial charge in [-0.05, 0) is 30.5 Å². The molecule has 0 radical (unpaired) electrons. The number of nitrogens with one attached hydrogen (secondary N) is 2. The molecule has 2 amide bonds. The Morgan fingerprint density at radius 2 is 1.83 bits per heavy atom. The van der Waals surface area contributed by atoms with E-state index in [9.17, 15) is 9.59 Å². The van der Waals surface area contributed by atoms with Gasteiger partial charge in [0.25, 0.3) is 0 Å². The fourth-order valence-corrected chi connectivity index (χ4v) is 2.86. The molecule has 2 unspecified atom stereocenters. The third-order valence-electron chi connectivity index (χ3n) is 4.45. The van der Waals surface area contributed by atoms with Crippen LogP contribution in [0.15, 0.2) is 18.2 Å². The highest BCUT2D eigenvalue weighted by Gasteiger charge is 2.47. The molecule has 130 valence electrons. The molecule has 2 N–H and O–H groups in total. The molecule has 0 aromatic heterocycles. The van der Waals surface area contributed by atoms with Gasteiger partial charge < -0.3 is 20.1 Å². The highest BCUT2D eigenvalue weighted by atomic mass is 16.7. The van der Waals surface area contributed by atoms with Gasteiger partial charge in [0.2, 0.25) is 18.6 Å². The number of fused-ring (bicyclic) bond motifs is 1. The predicted molar refractivity (Wildman–Crippen MR) is 88.5 cm³/mol. The minimum Gasteiger partial charge on any atom is -0.454 e. The Bertz CT molecular complexity index is 617. The maximum Gasteiger partial charge on any atom is 0.231 e.